The number of anilines is 1. The number of thioether (sulfide) groups is 1. The van der Waals surface area contributed by atoms with Gasteiger partial charge >= 0.3 is 0 Å². The standard InChI is InChI=1S/C23H30N2OS/c1-4-27-22-10-6-5-9-21(22)23(26)24-18(3)19-11-13-20(14-12-19)25-15-7-8-17(2)16-25/h5-6,9-14,17-18H,4,7-8,15-16H2,1-3H3,(H,24,26)/t17-,18+/m1/s1. The Hall–Kier alpha value is -1.94. The van der Waals surface area contributed by atoms with Crippen LogP contribution in [0.3, 0.4) is 0 Å². The molecule has 0 unspecified atom stereocenters. The molecule has 0 bridgehead atoms. The van der Waals surface area contributed by atoms with E-state index in [0.717, 1.165) is 40.8 Å². The largest absolute Gasteiger partial charge is 0.371 e. The quantitative estimate of drug-likeness (QED) is 0.667. The highest BCUT2D eigenvalue weighted by molar-refractivity contribution is 7.99. The molecule has 3 rings (SSSR count). The van der Waals surface area contributed by atoms with E-state index in [2.05, 4.69) is 48.3 Å². The molecule has 1 N–H and O–H groups in total. The van der Waals surface area contributed by atoms with Crippen molar-refractivity contribution in [3.8, 4) is 0 Å². The smallest absolute Gasteiger partial charge is 0.252 e. The highest BCUT2D eigenvalue weighted by atomic mass is 32.2. The predicted octanol–water partition coefficient (Wildman–Crippen LogP) is 5.53. The molecule has 4 heteroatoms. The third-order valence-corrected chi connectivity index (χ3v) is 6.15. The summed E-state index contributed by atoms with van der Waals surface area (Å²) in [5, 5.41) is 3.15. The molecule has 1 fully saturated rings. The van der Waals surface area contributed by atoms with Gasteiger partial charge in [0.15, 0.2) is 0 Å². The van der Waals surface area contributed by atoms with Crippen molar-refractivity contribution in [2.45, 2.75) is 44.6 Å². The van der Waals surface area contributed by atoms with Crippen molar-refractivity contribution in [2.75, 3.05) is 23.7 Å². The van der Waals surface area contributed by atoms with E-state index in [-0.39, 0.29) is 11.9 Å². The maximum Gasteiger partial charge on any atom is 0.252 e. The first kappa shape index (κ1) is 19.8. The van der Waals surface area contributed by atoms with Gasteiger partial charge in [0.25, 0.3) is 5.91 Å². The second-order valence-corrected chi connectivity index (χ2v) is 8.72. The summed E-state index contributed by atoms with van der Waals surface area (Å²) in [6.07, 6.45) is 2.60. The molecule has 0 spiro atoms. The van der Waals surface area contributed by atoms with E-state index in [1.807, 2.05) is 31.2 Å². The summed E-state index contributed by atoms with van der Waals surface area (Å²) >= 11 is 1.70. The predicted molar refractivity (Wildman–Crippen MR) is 116 cm³/mol. The summed E-state index contributed by atoms with van der Waals surface area (Å²) in [4.78, 5) is 16.3. The van der Waals surface area contributed by atoms with E-state index in [9.17, 15) is 4.79 Å². The molecule has 1 aliphatic heterocycles. The van der Waals surface area contributed by atoms with Crippen molar-refractivity contribution >= 4 is 23.4 Å². The Morgan fingerprint density at radius 3 is 2.67 bits per heavy atom. The van der Waals surface area contributed by atoms with Crippen molar-refractivity contribution in [3.05, 3.63) is 59.7 Å². The average Bonchev–Trinajstić information content (AvgIpc) is 2.68. The van der Waals surface area contributed by atoms with Crippen LogP contribution in [0.1, 0.15) is 55.6 Å². The van der Waals surface area contributed by atoms with E-state index in [4.69, 9.17) is 0 Å². The zero-order valence-electron chi connectivity index (χ0n) is 16.6. The lowest BCUT2D eigenvalue weighted by molar-refractivity contribution is 0.0937. The Morgan fingerprint density at radius 2 is 1.96 bits per heavy atom. The first-order valence-corrected chi connectivity index (χ1v) is 10.9. The topological polar surface area (TPSA) is 32.3 Å². The van der Waals surface area contributed by atoms with Gasteiger partial charge in [-0.1, -0.05) is 38.1 Å². The molecule has 144 valence electrons. The summed E-state index contributed by atoms with van der Waals surface area (Å²) in [5.41, 5.74) is 3.18. The van der Waals surface area contributed by atoms with Gasteiger partial charge < -0.3 is 10.2 Å². The van der Waals surface area contributed by atoms with Crippen LogP contribution in [0.25, 0.3) is 0 Å². The third-order valence-electron chi connectivity index (χ3n) is 5.19. The molecular formula is C23H30N2OS. The normalized spacial score (nSPS) is 18.2. The van der Waals surface area contributed by atoms with Gasteiger partial charge in [-0.05, 0) is 61.3 Å². The monoisotopic (exact) mass is 382 g/mol. The number of carbonyl (C=O) groups is 1. The maximum absolute atomic E-state index is 12.7. The number of amides is 1. The van der Waals surface area contributed by atoms with Gasteiger partial charge in [0.05, 0.1) is 11.6 Å². The van der Waals surface area contributed by atoms with Crippen molar-refractivity contribution in [1.29, 1.82) is 0 Å². The van der Waals surface area contributed by atoms with Crippen LogP contribution in [0, 0.1) is 5.92 Å². The van der Waals surface area contributed by atoms with E-state index in [1.165, 1.54) is 18.5 Å². The number of carbonyl (C=O) groups excluding carboxylic acids is 1. The van der Waals surface area contributed by atoms with Gasteiger partial charge in [-0.15, -0.1) is 11.8 Å². The van der Waals surface area contributed by atoms with Crippen LogP contribution in [0.5, 0.6) is 0 Å². The Kier molecular flexibility index (Phi) is 6.84. The number of nitrogens with one attached hydrogen (secondary N) is 1. The zero-order chi connectivity index (χ0) is 19.2. The molecule has 0 radical (unpaired) electrons. The van der Waals surface area contributed by atoms with Gasteiger partial charge in [-0.2, -0.15) is 0 Å². The molecule has 3 nitrogen and oxygen atoms in total. The van der Waals surface area contributed by atoms with Crippen LogP contribution in [-0.2, 0) is 0 Å². The average molecular weight is 383 g/mol. The molecule has 1 amide bonds. The van der Waals surface area contributed by atoms with E-state index in [0.29, 0.717) is 0 Å². The van der Waals surface area contributed by atoms with Crippen molar-refractivity contribution in [2.24, 2.45) is 5.92 Å². The van der Waals surface area contributed by atoms with Crippen molar-refractivity contribution in [3.63, 3.8) is 0 Å². The van der Waals surface area contributed by atoms with Gasteiger partial charge in [0.1, 0.15) is 0 Å². The summed E-state index contributed by atoms with van der Waals surface area (Å²) < 4.78 is 0. The van der Waals surface area contributed by atoms with E-state index < -0.39 is 0 Å². The molecule has 1 saturated heterocycles. The Balaban J connectivity index is 1.66. The molecule has 0 saturated carbocycles. The van der Waals surface area contributed by atoms with Crippen LogP contribution in [0.2, 0.25) is 0 Å². The fourth-order valence-corrected chi connectivity index (χ4v) is 4.49. The van der Waals surface area contributed by atoms with Crippen LogP contribution in [0.4, 0.5) is 5.69 Å². The van der Waals surface area contributed by atoms with Crippen LogP contribution in [-0.4, -0.2) is 24.7 Å². The second-order valence-electron chi connectivity index (χ2n) is 7.41. The minimum atomic E-state index is -0.0217. The fraction of sp³-hybridized carbons (Fsp3) is 0.435. The van der Waals surface area contributed by atoms with Crippen LogP contribution in [0.15, 0.2) is 53.4 Å². The zero-order valence-corrected chi connectivity index (χ0v) is 17.4. The van der Waals surface area contributed by atoms with Crippen LogP contribution < -0.4 is 10.2 Å². The SMILES string of the molecule is CCSc1ccccc1C(=O)N[C@@H](C)c1ccc(N2CCC[C@@H](C)C2)cc1. The molecule has 0 aromatic heterocycles. The molecular weight excluding hydrogens is 352 g/mol. The van der Waals surface area contributed by atoms with Gasteiger partial charge in [0.2, 0.25) is 0 Å². The van der Waals surface area contributed by atoms with Crippen molar-refractivity contribution in [1.82, 2.24) is 5.32 Å². The third kappa shape index (κ3) is 5.07. The molecule has 2 aromatic rings. The Bertz CT molecular complexity index is 759. The molecule has 0 aliphatic carbocycles. The highest BCUT2D eigenvalue weighted by Crippen LogP contribution is 2.26. The number of hydrogen-bond acceptors (Lipinski definition) is 3. The lowest BCUT2D eigenvalue weighted by atomic mass is 9.99. The first-order valence-electron chi connectivity index (χ1n) is 9.96. The van der Waals surface area contributed by atoms with E-state index in [1.54, 1.807) is 11.8 Å². The lowest BCUT2D eigenvalue weighted by Crippen LogP contribution is -2.34. The lowest BCUT2D eigenvalue weighted by Gasteiger charge is -2.33. The Morgan fingerprint density at radius 1 is 1.22 bits per heavy atom. The summed E-state index contributed by atoms with van der Waals surface area (Å²) in [7, 11) is 0. The molecule has 1 heterocycles. The van der Waals surface area contributed by atoms with Gasteiger partial charge in [-0.25, -0.2) is 0 Å². The summed E-state index contributed by atoms with van der Waals surface area (Å²) in [5.74, 6) is 1.71. The van der Waals surface area contributed by atoms with Gasteiger partial charge in [-0.3, -0.25) is 4.79 Å². The minimum absolute atomic E-state index is 0.00650. The van der Waals surface area contributed by atoms with Crippen molar-refractivity contribution < 1.29 is 4.79 Å². The molecule has 2 atom stereocenters. The van der Waals surface area contributed by atoms with Crippen LogP contribution >= 0.6 is 11.8 Å². The molecule has 27 heavy (non-hydrogen) atoms. The number of nitrogens with zero attached hydrogens (tertiary/aromatic N) is 1. The molecule has 2 aromatic carbocycles. The summed E-state index contributed by atoms with van der Waals surface area (Å²) in [6.45, 7) is 8.75. The van der Waals surface area contributed by atoms with Gasteiger partial charge in [0, 0.05) is 23.7 Å². The summed E-state index contributed by atoms with van der Waals surface area (Å²) in [6, 6.07) is 16.5. The first-order chi connectivity index (χ1) is 13.1. The number of piperidine rings is 1. The highest BCUT2D eigenvalue weighted by Gasteiger charge is 2.18. The fourth-order valence-electron chi connectivity index (χ4n) is 3.69. The number of rotatable bonds is 6. The molecule has 1 aliphatic rings. The number of hydrogen-bond donors (Lipinski definition) is 1. The Labute approximate surface area is 167 Å². The number of benzene rings is 2. The van der Waals surface area contributed by atoms with E-state index >= 15 is 0 Å². The maximum atomic E-state index is 12.7. The second kappa shape index (κ2) is 9.32. The minimum Gasteiger partial charge on any atom is -0.371 e.